The molecule has 11 heavy (non-hydrogen) atoms. The number of aromatic nitrogens is 1. The third-order valence-corrected chi connectivity index (χ3v) is 1.97. The van der Waals surface area contributed by atoms with E-state index in [-0.39, 0.29) is 21.4 Å². The lowest BCUT2D eigenvalue weighted by molar-refractivity contribution is 0.109. The largest absolute Gasteiger partial charge is 0.342 e. The van der Waals surface area contributed by atoms with Crippen molar-refractivity contribution in [1.29, 1.82) is 0 Å². The van der Waals surface area contributed by atoms with Crippen LogP contribution in [-0.2, 0) is 0 Å². The number of halogens is 2. The summed E-state index contributed by atoms with van der Waals surface area (Å²) >= 11 is 11.0. The second-order valence-corrected chi connectivity index (χ2v) is 2.57. The van der Waals surface area contributed by atoms with Crippen molar-refractivity contribution in [2.45, 2.75) is 0 Å². The molecule has 0 unspecified atom stereocenters. The summed E-state index contributed by atoms with van der Waals surface area (Å²) in [6.45, 7) is 0. The van der Waals surface area contributed by atoms with Crippen LogP contribution in [-0.4, -0.2) is 17.6 Å². The number of H-pyrrole nitrogens is 1. The summed E-state index contributed by atoms with van der Waals surface area (Å²) in [7, 11) is 0. The number of rotatable bonds is 2. The van der Waals surface area contributed by atoms with E-state index in [1.165, 1.54) is 0 Å². The van der Waals surface area contributed by atoms with Crippen LogP contribution in [0.5, 0.6) is 0 Å². The van der Waals surface area contributed by atoms with E-state index in [2.05, 4.69) is 4.98 Å². The second kappa shape index (κ2) is 3.07. The molecule has 0 aliphatic heterocycles. The van der Waals surface area contributed by atoms with Gasteiger partial charge in [-0.1, -0.05) is 23.2 Å². The zero-order chi connectivity index (χ0) is 8.43. The molecule has 1 aromatic heterocycles. The zero-order valence-electron chi connectivity index (χ0n) is 5.23. The summed E-state index contributed by atoms with van der Waals surface area (Å²) in [4.78, 5) is 23.0. The van der Waals surface area contributed by atoms with Gasteiger partial charge < -0.3 is 4.98 Å². The number of hydrogen-bond acceptors (Lipinski definition) is 2. The molecule has 5 heteroatoms. The van der Waals surface area contributed by atoms with Gasteiger partial charge >= 0.3 is 0 Å². The molecule has 0 aromatic carbocycles. The second-order valence-electron chi connectivity index (χ2n) is 1.82. The highest BCUT2D eigenvalue weighted by molar-refractivity contribution is 6.43. The molecule has 0 spiro atoms. The number of nitrogens with one attached hydrogen (secondary N) is 1. The van der Waals surface area contributed by atoms with E-state index in [1.807, 2.05) is 0 Å². The van der Waals surface area contributed by atoms with E-state index >= 15 is 0 Å². The molecule has 1 N–H and O–H groups in total. The van der Waals surface area contributed by atoms with Gasteiger partial charge in [0.1, 0.15) is 5.15 Å². The molecular formula is C6H3Cl2NO2. The Balaban J connectivity index is 3.37. The summed E-state index contributed by atoms with van der Waals surface area (Å²) in [5.74, 6) is 0. The van der Waals surface area contributed by atoms with Crippen LogP contribution in [0.4, 0.5) is 0 Å². The lowest BCUT2D eigenvalue weighted by atomic mass is 10.3. The molecule has 0 bridgehead atoms. The van der Waals surface area contributed by atoms with Crippen LogP contribution >= 0.6 is 23.2 Å². The van der Waals surface area contributed by atoms with Crippen molar-refractivity contribution in [3.05, 3.63) is 21.4 Å². The minimum atomic E-state index is 0.0868. The van der Waals surface area contributed by atoms with Crippen LogP contribution in [0.2, 0.25) is 10.2 Å². The predicted octanol–water partition coefficient (Wildman–Crippen LogP) is 1.95. The summed E-state index contributed by atoms with van der Waals surface area (Å²) in [5, 5.41) is 0.194. The number of carbonyl (C=O) groups is 2. The topological polar surface area (TPSA) is 49.9 Å². The predicted molar refractivity (Wildman–Crippen MR) is 41.6 cm³/mol. The standard InChI is InChI=1S/C6H3Cl2NO2/c7-5-3(1-10)4(2-11)9-6(5)8/h1-2,9H. The Morgan fingerprint density at radius 3 is 2.18 bits per heavy atom. The van der Waals surface area contributed by atoms with Crippen molar-refractivity contribution >= 4 is 35.8 Å². The Kier molecular flexibility index (Phi) is 2.31. The molecule has 1 heterocycles. The third-order valence-electron chi connectivity index (χ3n) is 1.20. The van der Waals surface area contributed by atoms with E-state index in [0.717, 1.165) is 0 Å². The van der Waals surface area contributed by atoms with E-state index < -0.39 is 0 Å². The average Bonchev–Trinajstić information content (AvgIpc) is 2.28. The van der Waals surface area contributed by atoms with Gasteiger partial charge in [-0.25, -0.2) is 0 Å². The number of hydrogen-bond donors (Lipinski definition) is 1. The minimum Gasteiger partial charge on any atom is -0.342 e. The van der Waals surface area contributed by atoms with Gasteiger partial charge in [0, 0.05) is 0 Å². The minimum absolute atomic E-state index is 0.0868. The third kappa shape index (κ3) is 1.29. The molecule has 0 fully saturated rings. The molecule has 3 nitrogen and oxygen atoms in total. The fourth-order valence-corrected chi connectivity index (χ4v) is 1.08. The zero-order valence-corrected chi connectivity index (χ0v) is 6.74. The molecule has 0 aliphatic rings. The van der Waals surface area contributed by atoms with E-state index in [4.69, 9.17) is 23.2 Å². The van der Waals surface area contributed by atoms with Gasteiger partial charge in [-0.3, -0.25) is 9.59 Å². The maximum atomic E-state index is 10.3. The maximum Gasteiger partial charge on any atom is 0.167 e. The fraction of sp³-hybridized carbons (Fsp3) is 0. The van der Waals surface area contributed by atoms with Gasteiger partial charge in [-0.15, -0.1) is 0 Å². The Hall–Kier alpha value is -0.800. The van der Waals surface area contributed by atoms with Crippen molar-refractivity contribution in [1.82, 2.24) is 4.98 Å². The normalized spacial score (nSPS) is 9.64. The Morgan fingerprint density at radius 2 is 1.82 bits per heavy atom. The summed E-state index contributed by atoms with van der Waals surface area (Å²) in [6.07, 6.45) is 0.968. The van der Waals surface area contributed by atoms with Gasteiger partial charge in [0.15, 0.2) is 12.6 Å². The van der Waals surface area contributed by atoms with Gasteiger partial charge in [-0.2, -0.15) is 0 Å². The summed E-state index contributed by atoms with van der Waals surface area (Å²) in [5.41, 5.74) is 0.210. The molecule has 0 aliphatic carbocycles. The molecule has 0 saturated heterocycles. The highest BCUT2D eigenvalue weighted by atomic mass is 35.5. The summed E-state index contributed by atoms with van der Waals surface area (Å²) < 4.78 is 0. The van der Waals surface area contributed by atoms with E-state index in [1.54, 1.807) is 0 Å². The average molecular weight is 192 g/mol. The SMILES string of the molecule is O=Cc1[nH]c(Cl)c(Cl)c1C=O. The molecule has 58 valence electrons. The maximum absolute atomic E-state index is 10.3. The lowest BCUT2D eigenvalue weighted by Gasteiger charge is -1.83. The first kappa shape index (κ1) is 8.30. The van der Waals surface area contributed by atoms with Crippen LogP contribution in [0.25, 0.3) is 0 Å². The number of carbonyl (C=O) groups excluding carboxylic acids is 2. The molecule has 1 rings (SSSR count). The van der Waals surface area contributed by atoms with Gasteiger partial charge in [-0.05, 0) is 0 Å². The molecule has 0 atom stereocenters. The fourth-order valence-electron chi connectivity index (χ4n) is 0.685. The van der Waals surface area contributed by atoms with Crippen molar-refractivity contribution in [2.75, 3.05) is 0 Å². The number of aldehydes is 2. The van der Waals surface area contributed by atoms with E-state index in [9.17, 15) is 9.59 Å². The van der Waals surface area contributed by atoms with E-state index in [0.29, 0.717) is 12.6 Å². The van der Waals surface area contributed by atoms with Crippen LogP contribution in [0.15, 0.2) is 0 Å². The highest BCUT2D eigenvalue weighted by Crippen LogP contribution is 2.25. The van der Waals surface area contributed by atoms with Crippen molar-refractivity contribution in [3.8, 4) is 0 Å². The first-order valence-electron chi connectivity index (χ1n) is 2.68. The van der Waals surface area contributed by atoms with Crippen molar-refractivity contribution in [2.24, 2.45) is 0 Å². The van der Waals surface area contributed by atoms with Gasteiger partial charge in [0.05, 0.1) is 16.3 Å². The summed E-state index contributed by atoms with van der Waals surface area (Å²) in [6, 6.07) is 0. The Morgan fingerprint density at radius 1 is 1.18 bits per heavy atom. The van der Waals surface area contributed by atoms with Crippen molar-refractivity contribution in [3.63, 3.8) is 0 Å². The molecular weight excluding hydrogens is 189 g/mol. The molecule has 0 amide bonds. The van der Waals surface area contributed by atoms with Crippen molar-refractivity contribution < 1.29 is 9.59 Å². The first-order chi connectivity index (χ1) is 5.20. The Bertz CT molecular complexity index is 306. The van der Waals surface area contributed by atoms with Gasteiger partial charge in [0.2, 0.25) is 0 Å². The highest BCUT2D eigenvalue weighted by Gasteiger charge is 2.12. The number of aromatic amines is 1. The molecule has 0 saturated carbocycles. The molecule has 0 radical (unpaired) electrons. The lowest BCUT2D eigenvalue weighted by Crippen LogP contribution is -1.85. The first-order valence-corrected chi connectivity index (χ1v) is 3.43. The van der Waals surface area contributed by atoms with Crippen LogP contribution in [0, 0.1) is 0 Å². The monoisotopic (exact) mass is 191 g/mol. The quantitative estimate of drug-likeness (QED) is 0.727. The Labute approximate surface area is 72.3 Å². The van der Waals surface area contributed by atoms with Gasteiger partial charge in [0.25, 0.3) is 0 Å². The van der Waals surface area contributed by atoms with Crippen LogP contribution < -0.4 is 0 Å². The van der Waals surface area contributed by atoms with Crippen LogP contribution in [0.1, 0.15) is 20.8 Å². The molecule has 1 aromatic rings. The van der Waals surface area contributed by atoms with Crippen LogP contribution in [0.3, 0.4) is 0 Å². The smallest absolute Gasteiger partial charge is 0.167 e.